The molecule has 108 valence electrons. The van der Waals surface area contributed by atoms with E-state index < -0.39 is 11.9 Å². The zero-order valence-corrected chi connectivity index (χ0v) is 11.4. The van der Waals surface area contributed by atoms with Gasteiger partial charge >= 0.3 is 11.9 Å². The molecule has 0 radical (unpaired) electrons. The van der Waals surface area contributed by atoms with Crippen LogP contribution < -0.4 is 0 Å². The number of esters is 2. The first kappa shape index (κ1) is 14.1. The van der Waals surface area contributed by atoms with E-state index in [1.807, 2.05) is 0 Å². The number of aliphatic hydroxyl groups is 1. The molecule has 0 aliphatic carbocycles. The van der Waals surface area contributed by atoms with Crippen LogP contribution in [-0.4, -0.2) is 40.0 Å². The number of rotatable bonds is 4. The predicted molar refractivity (Wildman–Crippen MR) is 69.0 cm³/mol. The minimum Gasteiger partial charge on any atom is -0.505 e. The van der Waals surface area contributed by atoms with Crippen LogP contribution in [0.5, 0.6) is 0 Å². The van der Waals surface area contributed by atoms with Crippen LogP contribution in [0.4, 0.5) is 0 Å². The Morgan fingerprint density at radius 3 is 2.60 bits per heavy atom. The predicted octanol–water partition coefficient (Wildman–Crippen LogP) is 1.30. The van der Waals surface area contributed by atoms with E-state index in [1.54, 1.807) is 13.8 Å². The van der Waals surface area contributed by atoms with E-state index >= 15 is 0 Å². The van der Waals surface area contributed by atoms with Gasteiger partial charge in [0.1, 0.15) is 5.69 Å². The number of hydrogen-bond acceptors (Lipinski definition) is 6. The minimum atomic E-state index is -0.556. The number of ether oxygens (including phenoxy) is 2. The normalized spacial score (nSPS) is 13.9. The van der Waals surface area contributed by atoms with Crippen molar-refractivity contribution in [3.05, 3.63) is 23.0 Å². The third-order valence-electron chi connectivity index (χ3n) is 2.89. The number of aryl methyl sites for hydroxylation is 1. The summed E-state index contributed by atoms with van der Waals surface area (Å²) in [7, 11) is 0. The lowest BCUT2D eigenvalue weighted by molar-refractivity contribution is -0.138. The Kier molecular flexibility index (Phi) is 4.07. The lowest BCUT2D eigenvalue weighted by atomic mass is 10.1. The van der Waals surface area contributed by atoms with Crippen LogP contribution >= 0.6 is 0 Å². The topological polar surface area (TPSA) is 90.7 Å². The lowest BCUT2D eigenvalue weighted by Crippen LogP contribution is -2.19. The molecule has 0 bridgehead atoms. The van der Waals surface area contributed by atoms with Gasteiger partial charge in [-0.3, -0.25) is 4.68 Å². The number of carbonyl (C=O) groups excluding carboxylic acids is 2. The fourth-order valence-electron chi connectivity index (χ4n) is 1.99. The molecule has 0 atom stereocenters. The summed E-state index contributed by atoms with van der Waals surface area (Å²) in [5.74, 6) is -1.30. The van der Waals surface area contributed by atoms with E-state index in [1.165, 1.54) is 10.7 Å². The maximum absolute atomic E-state index is 11.7. The molecule has 1 aliphatic rings. The second kappa shape index (κ2) is 5.77. The standard InChI is InChI=1S/C13H16N2O5/c1-3-19-12(17)8-5-6-15-10(11(8)16)7-9(14-15)13(18)20-4-2/h7,16H,3-6H2,1-2H3. The van der Waals surface area contributed by atoms with Gasteiger partial charge in [0.05, 0.1) is 18.8 Å². The van der Waals surface area contributed by atoms with Gasteiger partial charge in [-0.2, -0.15) is 5.10 Å². The van der Waals surface area contributed by atoms with Crippen molar-refractivity contribution in [2.24, 2.45) is 0 Å². The number of hydrogen-bond donors (Lipinski definition) is 1. The molecule has 0 unspecified atom stereocenters. The number of nitrogens with zero attached hydrogens (tertiary/aromatic N) is 2. The molecule has 7 nitrogen and oxygen atoms in total. The van der Waals surface area contributed by atoms with Crippen molar-refractivity contribution in [1.29, 1.82) is 0 Å². The molecule has 20 heavy (non-hydrogen) atoms. The largest absolute Gasteiger partial charge is 0.505 e. The highest BCUT2D eigenvalue weighted by Crippen LogP contribution is 2.26. The average Bonchev–Trinajstić information content (AvgIpc) is 2.84. The van der Waals surface area contributed by atoms with Crippen molar-refractivity contribution in [3.63, 3.8) is 0 Å². The Bertz CT molecular complexity index is 573. The molecule has 1 aliphatic heterocycles. The van der Waals surface area contributed by atoms with Crippen LogP contribution in [0.1, 0.15) is 36.5 Å². The molecular formula is C13H16N2O5. The van der Waals surface area contributed by atoms with Crippen LogP contribution in [0, 0.1) is 0 Å². The Morgan fingerprint density at radius 1 is 1.30 bits per heavy atom. The number of carbonyl (C=O) groups is 2. The summed E-state index contributed by atoms with van der Waals surface area (Å²) in [4.78, 5) is 23.3. The van der Waals surface area contributed by atoms with Gasteiger partial charge in [-0.25, -0.2) is 9.59 Å². The Hall–Kier alpha value is -2.31. The van der Waals surface area contributed by atoms with E-state index in [9.17, 15) is 14.7 Å². The first-order valence-corrected chi connectivity index (χ1v) is 6.43. The fourth-order valence-corrected chi connectivity index (χ4v) is 1.99. The second-order valence-electron chi connectivity index (χ2n) is 4.16. The van der Waals surface area contributed by atoms with Gasteiger partial charge in [0.15, 0.2) is 11.5 Å². The van der Waals surface area contributed by atoms with Crippen LogP contribution in [-0.2, 0) is 20.8 Å². The number of aliphatic hydroxyl groups excluding tert-OH is 1. The molecule has 0 saturated carbocycles. The highest BCUT2D eigenvalue weighted by Gasteiger charge is 2.27. The monoisotopic (exact) mass is 280 g/mol. The molecule has 0 amide bonds. The number of aromatic nitrogens is 2. The van der Waals surface area contributed by atoms with Crippen LogP contribution in [0.2, 0.25) is 0 Å². The highest BCUT2D eigenvalue weighted by atomic mass is 16.5. The lowest BCUT2D eigenvalue weighted by Gasteiger charge is -2.16. The van der Waals surface area contributed by atoms with Gasteiger partial charge < -0.3 is 14.6 Å². The van der Waals surface area contributed by atoms with Gasteiger partial charge in [0.2, 0.25) is 0 Å². The summed E-state index contributed by atoms with van der Waals surface area (Å²) in [5.41, 5.74) is 0.635. The van der Waals surface area contributed by atoms with E-state index in [0.29, 0.717) is 18.7 Å². The second-order valence-corrected chi connectivity index (χ2v) is 4.16. The Labute approximate surface area is 115 Å². The average molecular weight is 280 g/mol. The van der Waals surface area contributed by atoms with Crippen LogP contribution in [0.15, 0.2) is 11.6 Å². The summed E-state index contributed by atoms with van der Waals surface area (Å²) >= 11 is 0. The van der Waals surface area contributed by atoms with Gasteiger partial charge in [0.25, 0.3) is 0 Å². The zero-order valence-electron chi connectivity index (χ0n) is 11.4. The van der Waals surface area contributed by atoms with Crippen molar-refractivity contribution < 1.29 is 24.2 Å². The Balaban J connectivity index is 2.32. The quantitative estimate of drug-likeness (QED) is 0.836. The molecule has 0 aromatic carbocycles. The van der Waals surface area contributed by atoms with Crippen LogP contribution in [0.25, 0.3) is 5.76 Å². The molecular weight excluding hydrogens is 264 g/mol. The molecule has 0 spiro atoms. The van der Waals surface area contributed by atoms with E-state index in [4.69, 9.17) is 9.47 Å². The summed E-state index contributed by atoms with van der Waals surface area (Å²) in [6.45, 7) is 4.28. The van der Waals surface area contributed by atoms with Crippen molar-refractivity contribution in [2.45, 2.75) is 26.8 Å². The molecule has 1 aromatic rings. The Morgan fingerprint density at radius 2 is 1.95 bits per heavy atom. The molecule has 1 N–H and O–H groups in total. The summed E-state index contributed by atoms with van der Waals surface area (Å²) < 4.78 is 11.2. The third kappa shape index (κ3) is 2.52. The third-order valence-corrected chi connectivity index (χ3v) is 2.89. The van der Waals surface area contributed by atoms with Crippen molar-refractivity contribution in [1.82, 2.24) is 9.78 Å². The van der Waals surface area contributed by atoms with Crippen molar-refractivity contribution >= 4 is 17.7 Å². The summed E-state index contributed by atoms with van der Waals surface area (Å²) in [6, 6.07) is 1.41. The minimum absolute atomic E-state index is 0.110. The summed E-state index contributed by atoms with van der Waals surface area (Å²) in [5, 5.41) is 14.2. The van der Waals surface area contributed by atoms with Gasteiger partial charge in [-0.15, -0.1) is 0 Å². The smallest absolute Gasteiger partial charge is 0.358 e. The SMILES string of the molecule is CCOC(=O)C1=C(O)c2cc(C(=O)OCC)nn2CC1. The van der Waals surface area contributed by atoms with Crippen molar-refractivity contribution in [2.75, 3.05) is 13.2 Å². The molecule has 2 rings (SSSR count). The maximum Gasteiger partial charge on any atom is 0.358 e. The fraction of sp³-hybridized carbons (Fsp3) is 0.462. The van der Waals surface area contributed by atoms with E-state index in [-0.39, 0.29) is 30.2 Å². The van der Waals surface area contributed by atoms with Gasteiger partial charge in [-0.05, 0) is 13.8 Å². The molecule has 2 heterocycles. The van der Waals surface area contributed by atoms with Gasteiger partial charge in [0, 0.05) is 19.0 Å². The van der Waals surface area contributed by atoms with E-state index in [2.05, 4.69) is 5.10 Å². The molecule has 7 heteroatoms. The summed E-state index contributed by atoms with van der Waals surface area (Å²) in [6.07, 6.45) is 0.307. The van der Waals surface area contributed by atoms with Gasteiger partial charge in [-0.1, -0.05) is 0 Å². The molecule has 0 fully saturated rings. The van der Waals surface area contributed by atoms with Crippen molar-refractivity contribution in [3.8, 4) is 0 Å². The molecule has 0 saturated heterocycles. The number of fused-ring (bicyclic) bond motifs is 1. The first-order valence-electron chi connectivity index (χ1n) is 6.43. The van der Waals surface area contributed by atoms with E-state index in [0.717, 1.165) is 0 Å². The first-order chi connectivity index (χ1) is 9.58. The highest BCUT2D eigenvalue weighted by molar-refractivity contribution is 5.96. The maximum atomic E-state index is 11.7. The zero-order chi connectivity index (χ0) is 14.7. The van der Waals surface area contributed by atoms with Crippen LogP contribution in [0.3, 0.4) is 0 Å². The molecule has 1 aromatic heterocycles.